The molecule has 0 aliphatic rings. The van der Waals surface area contributed by atoms with E-state index in [1.165, 1.54) is 11.8 Å². The summed E-state index contributed by atoms with van der Waals surface area (Å²) in [6.45, 7) is 3.62. The first kappa shape index (κ1) is 21.6. The van der Waals surface area contributed by atoms with Crippen LogP contribution in [0, 0.1) is 0 Å². The Kier molecular flexibility index (Phi) is 7.67. The summed E-state index contributed by atoms with van der Waals surface area (Å²) in [4.78, 5) is 14.6. The number of rotatable bonds is 10. The van der Waals surface area contributed by atoms with E-state index in [9.17, 15) is 4.79 Å². The molecule has 1 amide bonds. The molecule has 30 heavy (non-hydrogen) atoms. The molecule has 0 saturated heterocycles. The number of methoxy groups -OCH3 is 2. The monoisotopic (exact) mass is 427 g/mol. The summed E-state index contributed by atoms with van der Waals surface area (Å²) in [5.74, 6) is 1.59. The minimum atomic E-state index is 0.0200. The largest absolute Gasteiger partial charge is 0.493 e. The second-order valence-corrected chi connectivity index (χ2v) is 7.43. The molecule has 3 rings (SSSR count). The summed E-state index contributed by atoms with van der Waals surface area (Å²) in [5, 5.41) is 12.5. The summed E-state index contributed by atoms with van der Waals surface area (Å²) in [6.07, 6.45) is 0. The van der Waals surface area contributed by atoms with Crippen molar-refractivity contribution in [3.05, 3.63) is 59.7 Å². The van der Waals surface area contributed by atoms with Crippen molar-refractivity contribution in [2.75, 3.05) is 26.5 Å². The van der Waals surface area contributed by atoms with Gasteiger partial charge >= 0.3 is 0 Å². The van der Waals surface area contributed by atoms with Crippen molar-refractivity contribution in [2.45, 2.75) is 25.2 Å². The quantitative estimate of drug-likeness (QED) is 0.460. The average Bonchev–Trinajstić information content (AvgIpc) is 3.23. The molecule has 0 unspecified atom stereocenters. The smallest absolute Gasteiger partial charge is 0.233 e. The molecule has 1 aromatic heterocycles. The third kappa shape index (κ3) is 5.50. The van der Waals surface area contributed by atoms with Gasteiger partial charge in [-0.3, -0.25) is 4.79 Å². The van der Waals surface area contributed by atoms with Crippen molar-refractivity contribution in [3.8, 4) is 11.5 Å². The molecule has 3 aromatic rings. The highest BCUT2D eigenvalue weighted by molar-refractivity contribution is 7.99. The minimum absolute atomic E-state index is 0.0200. The first-order chi connectivity index (χ1) is 14.6. The normalized spacial score (nSPS) is 10.6. The van der Waals surface area contributed by atoms with Gasteiger partial charge in [0.1, 0.15) is 0 Å². The van der Waals surface area contributed by atoms with Crippen LogP contribution < -0.4 is 9.47 Å². The number of carbonyl (C=O) groups is 1. The second kappa shape index (κ2) is 10.6. The lowest BCUT2D eigenvalue weighted by Gasteiger charge is -2.21. The Morgan fingerprint density at radius 3 is 2.53 bits per heavy atom. The van der Waals surface area contributed by atoms with Crippen LogP contribution in [0.15, 0.2) is 53.7 Å². The van der Waals surface area contributed by atoms with Gasteiger partial charge in [-0.15, -0.1) is 5.10 Å². The van der Waals surface area contributed by atoms with Crippen molar-refractivity contribution < 1.29 is 14.3 Å². The van der Waals surface area contributed by atoms with Gasteiger partial charge in [0.2, 0.25) is 11.1 Å². The third-order valence-electron chi connectivity index (χ3n) is 4.55. The van der Waals surface area contributed by atoms with Crippen molar-refractivity contribution in [1.29, 1.82) is 0 Å². The molecule has 0 bridgehead atoms. The standard InChI is InChI=1S/C21H25N5O3S/c1-4-25(13-17-10-11-18(28-2)19(12-17)29-3)20(27)15-30-21-22-23-24-26(21)14-16-8-6-5-7-9-16/h5-12H,4,13-15H2,1-3H3. The van der Waals surface area contributed by atoms with Gasteiger partial charge in [0.05, 0.1) is 26.5 Å². The Labute approximate surface area is 180 Å². The average molecular weight is 428 g/mol. The van der Waals surface area contributed by atoms with Crippen molar-refractivity contribution in [3.63, 3.8) is 0 Å². The maximum Gasteiger partial charge on any atom is 0.233 e. The number of amides is 1. The number of thioether (sulfide) groups is 1. The van der Waals surface area contributed by atoms with Crippen LogP contribution in [0.5, 0.6) is 11.5 Å². The van der Waals surface area contributed by atoms with Gasteiger partial charge in [0.25, 0.3) is 0 Å². The van der Waals surface area contributed by atoms with E-state index >= 15 is 0 Å². The Morgan fingerprint density at radius 2 is 1.83 bits per heavy atom. The Hall–Kier alpha value is -3.07. The van der Waals surface area contributed by atoms with Crippen LogP contribution >= 0.6 is 11.8 Å². The van der Waals surface area contributed by atoms with Gasteiger partial charge in [0.15, 0.2) is 11.5 Å². The number of benzene rings is 2. The van der Waals surface area contributed by atoms with Gasteiger partial charge in [-0.25, -0.2) is 4.68 Å². The summed E-state index contributed by atoms with van der Waals surface area (Å²) in [5.41, 5.74) is 2.07. The molecule has 0 saturated carbocycles. The zero-order valence-electron chi connectivity index (χ0n) is 17.3. The maximum atomic E-state index is 12.8. The van der Waals surface area contributed by atoms with Crippen molar-refractivity contribution in [1.82, 2.24) is 25.1 Å². The van der Waals surface area contributed by atoms with Gasteiger partial charge in [-0.05, 0) is 40.6 Å². The zero-order chi connectivity index (χ0) is 21.3. The molecule has 0 spiro atoms. The van der Waals surface area contributed by atoms with Crippen LogP contribution in [0.3, 0.4) is 0 Å². The fraction of sp³-hybridized carbons (Fsp3) is 0.333. The van der Waals surface area contributed by atoms with Crippen LogP contribution in [0.25, 0.3) is 0 Å². The van der Waals surface area contributed by atoms with E-state index in [2.05, 4.69) is 15.5 Å². The van der Waals surface area contributed by atoms with Crippen LogP contribution in [0.4, 0.5) is 0 Å². The van der Waals surface area contributed by atoms with E-state index in [0.29, 0.717) is 36.3 Å². The van der Waals surface area contributed by atoms with Crippen LogP contribution in [-0.2, 0) is 17.9 Å². The number of aromatic nitrogens is 4. The number of hydrogen-bond donors (Lipinski definition) is 0. The van der Waals surface area contributed by atoms with Gasteiger partial charge in [0, 0.05) is 13.1 Å². The summed E-state index contributed by atoms with van der Waals surface area (Å²) >= 11 is 1.34. The SMILES string of the molecule is CCN(Cc1ccc(OC)c(OC)c1)C(=O)CSc1nnnn1Cc1ccccc1. The molecule has 0 aliphatic carbocycles. The molecule has 0 fully saturated rings. The fourth-order valence-corrected chi connectivity index (χ4v) is 3.73. The second-order valence-electron chi connectivity index (χ2n) is 6.49. The first-order valence-electron chi connectivity index (χ1n) is 9.56. The van der Waals surface area contributed by atoms with E-state index < -0.39 is 0 Å². The highest BCUT2D eigenvalue weighted by Gasteiger charge is 2.16. The van der Waals surface area contributed by atoms with E-state index in [1.807, 2.05) is 55.5 Å². The highest BCUT2D eigenvalue weighted by atomic mass is 32.2. The molecule has 158 valence electrons. The van der Waals surface area contributed by atoms with Gasteiger partial charge < -0.3 is 14.4 Å². The van der Waals surface area contributed by atoms with Crippen LogP contribution in [-0.4, -0.2) is 57.5 Å². The molecular weight excluding hydrogens is 402 g/mol. The molecule has 9 heteroatoms. The molecule has 0 N–H and O–H groups in total. The topological polar surface area (TPSA) is 82.4 Å². The van der Waals surface area contributed by atoms with Gasteiger partial charge in [-0.2, -0.15) is 0 Å². The highest BCUT2D eigenvalue weighted by Crippen LogP contribution is 2.28. The van der Waals surface area contributed by atoms with E-state index in [-0.39, 0.29) is 11.7 Å². The molecule has 8 nitrogen and oxygen atoms in total. The molecule has 0 radical (unpaired) electrons. The minimum Gasteiger partial charge on any atom is -0.493 e. The molecule has 0 aliphatic heterocycles. The summed E-state index contributed by atoms with van der Waals surface area (Å²) in [6, 6.07) is 15.6. The third-order valence-corrected chi connectivity index (χ3v) is 5.50. The van der Waals surface area contributed by atoms with E-state index in [4.69, 9.17) is 9.47 Å². The number of carbonyl (C=O) groups excluding carboxylic acids is 1. The lowest BCUT2D eigenvalue weighted by atomic mass is 10.2. The van der Waals surface area contributed by atoms with Crippen LogP contribution in [0.1, 0.15) is 18.1 Å². The summed E-state index contributed by atoms with van der Waals surface area (Å²) < 4.78 is 12.3. The van der Waals surface area contributed by atoms with Crippen LogP contribution in [0.2, 0.25) is 0 Å². The lowest BCUT2D eigenvalue weighted by molar-refractivity contribution is -0.128. The molecule has 2 aromatic carbocycles. The fourth-order valence-electron chi connectivity index (χ4n) is 2.95. The van der Waals surface area contributed by atoms with E-state index in [1.54, 1.807) is 23.8 Å². The number of nitrogens with zero attached hydrogens (tertiary/aromatic N) is 5. The summed E-state index contributed by atoms with van der Waals surface area (Å²) in [7, 11) is 3.20. The predicted molar refractivity (Wildman–Crippen MR) is 115 cm³/mol. The Bertz CT molecular complexity index is 964. The lowest BCUT2D eigenvalue weighted by Crippen LogP contribution is -2.31. The predicted octanol–water partition coefficient (Wildman–Crippen LogP) is 2.88. The van der Waals surface area contributed by atoms with Gasteiger partial charge in [-0.1, -0.05) is 48.2 Å². The van der Waals surface area contributed by atoms with Crippen molar-refractivity contribution >= 4 is 17.7 Å². The maximum absolute atomic E-state index is 12.8. The molecule has 0 atom stereocenters. The number of tetrazole rings is 1. The number of hydrogen-bond acceptors (Lipinski definition) is 7. The van der Waals surface area contributed by atoms with Crippen molar-refractivity contribution in [2.24, 2.45) is 0 Å². The Balaban J connectivity index is 1.61. The zero-order valence-corrected chi connectivity index (χ0v) is 18.1. The number of ether oxygens (including phenoxy) is 2. The molecular formula is C21H25N5O3S. The first-order valence-corrected chi connectivity index (χ1v) is 10.5. The molecule has 1 heterocycles. The Morgan fingerprint density at radius 1 is 1.07 bits per heavy atom. The van der Waals surface area contributed by atoms with E-state index in [0.717, 1.165) is 11.1 Å².